The molecular formula is C15H15N5O3. The van der Waals surface area contributed by atoms with Crippen LogP contribution in [-0.2, 0) is 4.74 Å². The summed E-state index contributed by atoms with van der Waals surface area (Å²) in [5.41, 5.74) is 1.00. The monoisotopic (exact) mass is 313 g/mol. The van der Waals surface area contributed by atoms with Gasteiger partial charge in [0.2, 0.25) is 0 Å². The molecule has 1 aliphatic rings. The van der Waals surface area contributed by atoms with Gasteiger partial charge in [0.25, 0.3) is 5.91 Å². The summed E-state index contributed by atoms with van der Waals surface area (Å²) in [5.74, 6) is -0.381. The summed E-state index contributed by atoms with van der Waals surface area (Å²) in [5, 5.41) is 5.45. The van der Waals surface area contributed by atoms with E-state index in [4.69, 9.17) is 0 Å². The molecule has 2 N–H and O–H groups in total. The topological polar surface area (TPSA) is 105 Å². The Balaban J connectivity index is 2.26. The van der Waals surface area contributed by atoms with E-state index in [1.54, 1.807) is 25.2 Å². The second-order valence-electron chi connectivity index (χ2n) is 4.36. The minimum Gasteiger partial charge on any atom is -0.465 e. The van der Waals surface area contributed by atoms with Gasteiger partial charge in [0.15, 0.2) is 11.7 Å². The lowest BCUT2D eigenvalue weighted by atomic mass is 10.1. The van der Waals surface area contributed by atoms with Crippen molar-refractivity contribution in [2.24, 2.45) is 15.0 Å². The maximum absolute atomic E-state index is 12.3. The lowest BCUT2D eigenvalue weighted by molar-refractivity contribution is 0.0600. The van der Waals surface area contributed by atoms with Crippen LogP contribution in [0.15, 0.2) is 50.8 Å². The molecule has 1 aromatic carbocycles. The second kappa shape index (κ2) is 7.12. The van der Waals surface area contributed by atoms with Crippen LogP contribution in [0.3, 0.4) is 0 Å². The lowest BCUT2D eigenvalue weighted by Crippen LogP contribution is -2.27. The number of nitrogens with one attached hydrogen (secondary N) is 2. The first-order valence-corrected chi connectivity index (χ1v) is 6.57. The Morgan fingerprint density at radius 3 is 2.74 bits per heavy atom. The molecule has 8 heteroatoms. The first-order valence-electron chi connectivity index (χ1n) is 6.57. The SMILES string of the molecule is C=N/C(NC(=O)c1cccc(C(=O)OC)c1)=C1/NC=N/C1=N/C. The zero-order valence-electron chi connectivity index (χ0n) is 12.7. The quantitative estimate of drug-likeness (QED) is 0.631. The van der Waals surface area contributed by atoms with Crippen LogP contribution < -0.4 is 10.6 Å². The van der Waals surface area contributed by atoms with Gasteiger partial charge in [0.1, 0.15) is 5.70 Å². The van der Waals surface area contributed by atoms with Crippen molar-refractivity contribution in [3.8, 4) is 0 Å². The summed E-state index contributed by atoms with van der Waals surface area (Å²) in [6.07, 6.45) is 1.44. The van der Waals surface area contributed by atoms with Crippen molar-refractivity contribution in [3.63, 3.8) is 0 Å². The van der Waals surface area contributed by atoms with Crippen molar-refractivity contribution in [1.82, 2.24) is 10.6 Å². The number of methoxy groups -OCH3 is 1. The fourth-order valence-electron chi connectivity index (χ4n) is 1.90. The fourth-order valence-corrected chi connectivity index (χ4v) is 1.90. The molecule has 0 saturated heterocycles. The number of amidine groups is 1. The van der Waals surface area contributed by atoms with Gasteiger partial charge in [-0.2, -0.15) is 0 Å². The summed E-state index contributed by atoms with van der Waals surface area (Å²) in [6, 6.07) is 6.15. The van der Waals surface area contributed by atoms with Crippen LogP contribution in [-0.4, -0.2) is 44.9 Å². The normalized spacial score (nSPS) is 16.7. The maximum Gasteiger partial charge on any atom is 0.337 e. The number of ether oxygens (including phenoxy) is 1. The number of esters is 1. The zero-order chi connectivity index (χ0) is 16.8. The molecule has 8 nitrogen and oxygen atoms in total. The van der Waals surface area contributed by atoms with Gasteiger partial charge in [-0.3, -0.25) is 9.79 Å². The molecule has 0 radical (unpaired) electrons. The molecule has 23 heavy (non-hydrogen) atoms. The van der Waals surface area contributed by atoms with E-state index >= 15 is 0 Å². The summed E-state index contributed by atoms with van der Waals surface area (Å²) in [6.45, 7) is 3.43. The number of aliphatic imine (C=N–C) groups is 3. The molecule has 0 fully saturated rings. The maximum atomic E-state index is 12.3. The Morgan fingerprint density at radius 1 is 1.35 bits per heavy atom. The van der Waals surface area contributed by atoms with Crippen LogP contribution in [0.5, 0.6) is 0 Å². The molecule has 0 aliphatic carbocycles. The molecule has 1 aliphatic heterocycles. The summed E-state index contributed by atoms with van der Waals surface area (Å²) < 4.78 is 4.63. The summed E-state index contributed by atoms with van der Waals surface area (Å²) >= 11 is 0. The Labute approximate surface area is 132 Å². The van der Waals surface area contributed by atoms with Gasteiger partial charge in [-0.05, 0) is 24.9 Å². The van der Waals surface area contributed by atoms with Crippen molar-refractivity contribution < 1.29 is 14.3 Å². The van der Waals surface area contributed by atoms with Crippen LogP contribution in [0.25, 0.3) is 0 Å². The van der Waals surface area contributed by atoms with E-state index in [1.807, 2.05) is 0 Å². The highest BCUT2D eigenvalue weighted by Gasteiger charge is 2.18. The van der Waals surface area contributed by atoms with Gasteiger partial charge < -0.3 is 15.4 Å². The standard InChI is InChI=1S/C15H15N5O3/c1-16-12-11(18-8-19-12)13(17-2)20-14(21)9-5-4-6-10(7-9)15(22)23-3/h4-8H,2H2,1,3H3,(H,20,21)(H,16,18,19)/b13-11-. The zero-order valence-corrected chi connectivity index (χ0v) is 12.7. The van der Waals surface area contributed by atoms with E-state index in [9.17, 15) is 9.59 Å². The fraction of sp³-hybridized carbons (Fsp3) is 0.133. The van der Waals surface area contributed by atoms with Crippen LogP contribution in [0.2, 0.25) is 0 Å². The number of carbonyl (C=O) groups is 2. The number of nitrogens with zero attached hydrogens (tertiary/aromatic N) is 3. The molecule has 0 bridgehead atoms. The van der Waals surface area contributed by atoms with E-state index in [0.717, 1.165) is 0 Å². The van der Waals surface area contributed by atoms with Crippen molar-refractivity contribution in [3.05, 3.63) is 46.9 Å². The van der Waals surface area contributed by atoms with Gasteiger partial charge >= 0.3 is 5.97 Å². The molecule has 1 aromatic rings. The third-order valence-corrected chi connectivity index (χ3v) is 3.00. The molecule has 0 spiro atoms. The minimum absolute atomic E-state index is 0.191. The van der Waals surface area contributed by atoms with Gasteiger partial charge in [-0.1, -0.05) is 6.07 Å². The van der Waals surface area contributed by atoms with Gasteiger partial charge in [0, 0.05) is 12.6 Å². The van der Waals surface area contributed by atoms with Gasteiger partial charge in [-0.15, -0.1) is 0 Å². The Kier molecular flexibility index (Phi) is 4.98. The summed E-state index contributed by atoms with van der Waals surface area (Å²) in [7, 11) is 2.85. The Bertz CT molecular complexity index is 749. The highest BCUT2D eigenvalue weighted by molar-refractivity contribution is 6.09. The first kappa shape index (κ1) is 16.1. The van der Waals surface area contributed by atoms with E-state index in [1.165, 1.54) is 19.5 Å². The van der Waals surface area contributed by atoms with Gasteiger partial charge in [0.05, 0.1) is 19.0 Å². The average molecular weight is 313 g/mol. The van der Waals surface area contributed by atoms with Crippen molar-refractivity contribution in [2.45, 2.75) is 0 Å². The van der Waals surface area contributed by atoms with E-state index in [-0.39, 0.29) is 16.9 Å². The van der Waals surface area contributed by atoms with E-state index in [2.05, 4.69) is 37.1 Å². The van der Waals surface area contributed by atoms with Crippen LogP contribution in [0.1, 0.15) is 20.7 Å². The van der Waals surface area contributed by atoms with Crippen LogP contribution in [0.4, 0.5) is 0 Å². The predicted octanol–water partition coefficient (Wildman–Crippen LogP) is 0.732. The second-order valence-corrected chi connectivity index (χ2v) is 4.36. The highest BCUT2D eigenvalue weighted by Crippen LogP contribution is 2.10. The number of rotatable bonds is 4. The van der Waals surface area contributed by atoms with E-state index < -0.39 is 11.9 Å². The third-order valence-electron chi connectivity index (χ3n) is 3.00. The first-order chi connectivity index (χ1) is 11.1. The molecule has 1 amide bonds. The largest absolute Gasteiger partial charge is 0.465 e. The highest BCUT2D eigenvalue weighted by atomic mass is 16.5. The van der Waals surface area contributed by atoms with E-state index in [0.29, 0.717) is 11.5 Å². The minimum atomic E-state index is -0.522. The molecule has 2 rings (SSSR count). The molecule has 0 unspecified atom stereocenters. The molecule has 1 heterocycles. The molecule has 0 atom stereocenters. The van der Waals surface area contributed by atoms with Crippen molar-refractivity contribution in [2.75, 3.05) is 14.2 Å². The molecule has 118 valence electrons. The van der Waals surface area contributed by atoms with Crippen molar-refractivity contribution in [1.29, 1.82) is 0 Å². The number of amides is 1. The van der Waals surface area contributed by atoms with Crippen molar-refractivity contribution >= 4 is 30.8 Å². The molecule has 0 saturated carbocycles. The third kappa shape index (κ3) is 3.49. The molecule has 0 aromatic heterocycles. The Morgan fingerprint density at radius 2 is 2.09 bits per heavy atom. The number of carbonyl (C=O) groups excluding carboxylic acids is 2. The Hall–Kier alpha value is -3.29. The summed E-state index contributed by atoms with van der Waals surface area (Å²) in [4.78, 5) is 35.6. The number of benzene rings is 1. The van der Waals surface area contributed by atoms with Crippen LogP contribution in [0, 0.1) is 0 Å². The average Bonchev–Trinajstić information content (AvgIpc) is 3.07. The number of hydrogen-bond acceptors (Lipinski definition) is 6. The smallest absolute Gasteiger partial charge is 0.337 e. The lowest BCUT2D eigenvalue weighted by Gasteiger charge is -2.09. The van der Waals surface area contributed by atoms with Gasteiger partial charge in [-0.25, -0.2) is 14.8 Å². The van der Waals surface area contributed by atoms with Crippen LogP contribution >= 0.6 is 0 Å². The molecular weight excluding hydrogens is 298 g/mol. The number of hydrogen-bond donors (Lipinski definition) is 2. The predicted molar refractivity (Wildman–Crippen MR) is 86.8 cm³/mol.